The molecule has 0 aliphatic rings. The molecule has 0 spiro atoms. The molecule has 2 aromatic carbocycles. The van der Waals surface area contributed by atoms with Gasteiger partial charge in [-0.05, 0) is 17.7 Å². The van der Waals surface area contributed by atoms with Crippen molar-refractivity contribution < 1.29 is 4.42 Å². The number of furan rings is 1. The van der Waals surface area contributed by atoms with E-state index < -0.39 is 0 Å². The van der Waals surface area contributed by atoms with Gasteiger partial charge in [-0.2, -0.15) is 5.10 Å². The number of benzene rings is 2. The SMILES string of the molecule is NC(=NCc1ccccc1)N/N=C/c1cc2ccccc2o1. The smallest absolute Gasteiger partial charge is 0.209 e. The molecule has 0 saturated heterocycles. The van der Waals surface area contributed by atoms with E-state index >= 15 is 0 Å². The predicted molar refractivity (Wildman–Crippen MR) is 88.7 cm³/mol. The normalized spacial score (nSPS) is 12.1. The number of para-hydroxylation sites is 1. The molecule has 3 aromatic rings. The molecule has 3 N–H and O–H groups in total. The van der Waals surface area contributed by atoms with Crippen molar-refractivity contribution in [1.29, 1.82) is 0 Å². The summed E-state index contributed by atoms with van der Waals surface area (Å²) in [5.41, 5.74) is 10.4. The molecule has 0 fully saturated rings. The number of fused-ring (bicyclic) bond motifs is 1. The van der Waals surface area contributed by atoms with Crippen LogP contribution in [0, 0.1) is 0 Å². The summed E-state index contributed by atoms with van der Waals surface area (Å²) in [6.07, 6.45) is 1.57. The topological polar surface area (TPSA) is 75.9 Å². The van der Waals surface area contributed by atoms with Gasteiger partial charge in [-0.1, -0.05) is 48.5 Å². The number of guanidine groups is 1. The maximum absolute atomic E-state index is 5.76. The molecule has 22 heavy (non-hydrogen) atoms. The third-order valence-electron chi connectivity index (χ3n) is 3.09. The highest BCUT2D eigenvalue weighted by Crippen LogP contribution is 2.17. The number of nitrogens with one attached hydrogen (secondary N) is 1. The largest absolute Gasteiger partial charge is 0.455 e. The molecule has 5 heteroatoms. The highest BCUT2D eigenvalue weighted by Gasteiger charge is 1.99. The van der Waals surface area contributed by atoms with Crippen LogP contribution in [0.4, 0.5) is 0 Å². The Kier molecular flexibility index (Phi) is 4.15. The Labute approximate surface area is 128 Å². The van der Waals surface area contributed by atoms with Crippen LogP contribution >= 0.6 is 0 Å². The summed E-state index contributed by atoms with van der Waals surface area (Å²) in [5, 5.41) is 5.06. The first kappa shape index (κ1) is 13.9. The molecule has 0 aliphatic heterocycles. The fourth-order valence-corrected chi connectivity index (χ4v) is 2.02. The molecule has 0 unspecified atom stereocenters. The molecule has 0 aliphatic carbocycles. The first-order valence-corrected chi connectivity index (χ1v) is 6.93. The Morgan fingerprint density at radius 1 is 1.09 bits per heavy atom. The first-order chi connectivity index (χ1) is 10.8. The van der Waals surface area contributed by atoms with E-state index in [1.165, 1.54) is 0 Å². The average molecular weight is 292 g/mol. The highest BCUT2D eigenvalue weighted by atomic mass is 16.3. The van der Waals surface area contributed by atoms with Crippen molar-refractivity contribution in [3.63, 3.8) is 0 Å². The van der Waals surface area contributed by atoms with Gasteiger partial charge in [0, 0.05) is 5.39 Å². The van der Waals surface area contributed by atoms with E-state index in [-0.39, 0.29) is 5.96 Å². The zero-order valence-corrected chi connectivity index (χ0v) is 11.9. The van der Waals surface area contributed by atoms with Crippen LogP contribution in [0.2, 0.25) is 0 Å². The molecule has 0 bridgehead atoms. The maximum atomic E-state index is 5.76. The molecule has 0 saturated carbocycles. The zero-order valence-electron chi connectivity index (χ0n) is 11.9. The summed E-state index contributed by atoms with van der Waals surface area (Å²) in [7, 11) is 0. The minimum absolute atomic E-state index is 0.260. The van der Waals surface area contributed by atoms with Crippen molar-refractivity contribution in [2.24, 2.45) is 15.8 Å². The molecular weight excluding hydrogens is 276 g/mol. The molecule has 1 heterocycles. The number of hydrazone groups is 1. The van der Waals surface area contributed by atoms with Gasteiger partial charge in [-0.15, -0.1) is 0 Å². The number of nitrogens with two attached hydrogens (primary N) is 1. The van der Waals surface area contributed by atoms with Gasteiger partial charge in [0.15, 0.2) is 0 Å². The summed E-state index contributed by atoms with van der Waals surface area (Å²) >= 11 is 0. The summed E-state index contributed by atoms with van der Waals surface area (Å²) in [5.74, 6) is 0.917. The van der Waals surface area contributed by atoms with Crippen LogP contribution < -0.4 is 11.2 Å². The minimum atomic E-state index is 0.260. The Bertz CT molecular complexity index is 773. The first-order valence-electron chi connectivity index (χ1n) is 6.93. The Balaban J connectivity index is 1.59. The van der Waals surface area contributed by atoms with Crippen LogP contribution in [-0.4, -0.2) is 12.2 Å². The van der Waals surface area contributed by atoms with Gasteiger partial charge in [0.2, 0.25) is 5.96 Å². The number of rotatable bonds is 4. The van der Waals surface area contributed by atoms with Crippen LogP contribution in [-0.2, 0) is 6.54 Å². The van der Waals surface area contributed by atoms with Crippen LogP contribution in [0.15, 0.2) is 75.2 Å². The lowest BCUT2D eigenvalue weighted by Gasteiger charge is -1.99. The van der Waals surface area contributed by atoms with Gasteiger partial charge in [-0.3, -0.25) is 0 Å². The predicted octanol–water partition coefficient (Wildman–Crippen LogP) is 2.87. The van der Waals surface area contributed by atoms with E-state index in [4.69, 9.17) is 10.2 Å². The van der Waals surface area contributed by atoms with Gasteiger partial charge in [0.05, 0.1) is 12.8 Å². The average Bonchev–Trinajstić information content (AvgIpc) is 2.96. The van der Waals surface area contributed by atoms with Crippen molar-refractivity contribution >= 4 is 23.1 Å². The molecule has 3 rings (SSSR count). The van der Waals surface area contributed by atoms with Crippen molar-refractivity contribution in [2.45, 2.75) is 6.54 Å². The van der Waals surface area contributed by atoms with Gasteiger partial charge >= 0.3 is 0 Å². The summed E-state index contributed by atoms with van der Waals surface area (Å²) in [6, 6.07) is 19.6. The van der Waals surface area contributed by atoms with E-state index in [0.29, 0.717) is 12.3 Å². The van der Waals surface area contributed by atoms with E-state index in [0.717, 1.165) is 16.5 Å². The van der Waals surface area contributed by atoms with Crippen LogP contribution in [0.25, 0.3) is 11.0 Å². The van der Waals surface area contributed by atoms with E-state index in [1.54, 1.807) is 6.21 Å². The van der Waals surface area contributed by atoms with E-state index in [1.807, 2.05) is 60.7 Å². The van der Waals surface area contributed by atoms with Crippen molar-refractivity contribution in [1.82, 2.24) is 5.43 Å². The standard InChI is InChI=1S/C17H16N4O/c18-17(19-11-13-6-2-1-3-7-13)21-20-12-15-10-14-8-4-5-9-16(14)22-15/h1-10,12H,11H2,(H3,18,19,21)/b20-12+. The maximum Gasteiger partial charge on any atom is 0.209 e. The van der Waals surface area contributed by atoms with Crippen molar-refractivity contribution in [3.8, 4) is 0 Å². The van der Waals surface area contributed by atoms with Gasteiger partial charge < -0.3 is 10.2 Å². The summed E-state index contributed by atoms with van der Waals surface area (Å²) in [4.78, 5) is 4.21. The van der Waals surface area contributed by atoms with Gasteiger partial charge in [0.1, 0.15) is 11.3 Å². The van der Waals surface area contributed by atoms with Gasteiger partial charge in [0.25, 0.3) is 0 Å². The second-order valence-electron chi connectivity index (χ2n) is 4.74. The fourth-order valence-electron chi connectivity index (χ4n) is 2.02. The van der Waals surface area contributed by atoms with Crippen molar-refractivity contribution in [3.05, 3.63) is 72.0 Å². The Morgan fingerprint density at radius 3 is 2.68 bits per heavy atom. The number of hydrogen-bond acceptors (Lipinski definition) is 3. The van der Waals surface area contributed by atoms with E-state index in [9.17, 15) is 0 Å². The molecule has 0 atom stereocenters. The molecule has 0 radical (unpaired) electrons. The van der Waals surface area contributed by atoms with Crippen LogP contribution in [0.3, 0.4) is 0 Å². The second-order valence-corrected chi connectivity index (χ2v) is 4.74. The third kappa shape index (κ3) is 3.52. The lowest BCUT2D eigenvalue weighted by Crippen LogP contribution is -2.27. The highest BCUT2D eigenvalue weighted by molar-refractivity contribution is 5.87. The molecule has 5 nitrogen and oxygen atoms in total. The second kappa shape index (κ2) is 6.58. The molecule has 110 valence electrons. The van der Waals surface area contributed by atoms with E-state index in [2.05, 4.69) is 15.5 Å². The third-order valence-corrected chi connectivity index (χ3v) is 3.09. The molecular formula is C17H16N4O. The Hall–Kier alpha value is -3.08. The van der Waals surface area contributed by atoms with Crippen molar-refractivity contribution in [2.75, 3.05) is 0 Å². The van der Waals surface area contributed by atoms with Crippen LogP contribution in [0.5, 0.6) is 0 Å². The molecule has 0 amide bonds. The lowest BCUT2D eigenvalue weighted by atomic mass is 10.2. The fraction of sp³-hybridized carbons (Fsp3) is 0.0588. The summed E-state index contributed by atoms with van der Waals surface area (Å²) < 4.78 is 5.61. The van der Waals surface area contributed by atoms with Gasteiger partial charge in [-0.25, -0.2) is 10.4 Å². The monoisotopic (exact) mass is 292 g/mol. The van der Waals surface area contributed by atoms with Crippen LogP contribution in [0.1, 0.15) is 11.3 Å². The summed E-state index contributed by atoms with van der Waals surface area (Å²) in [6.45, 7) is 0.514. The zero-order chi connectivity index (χ0) is 15.2. The number of aliphatic imine (C=N–C) groups is 1. The molecule has 1 aromatic heterocycles. The Morgan fingerprint density at radius 2 is 1.86 bits per heavy atom. The quantitative estimate of drug-likeness (QED) is 0.441. The number of hydrogen-bond donors (Lipinski definition) is 2. The number of nitrogens with zero attached hydrogens (tertiary/aromatic N) is 2. The minimum Gasteiger partial charge on any atom is -0.455 e. The lowest BCUT2D eigenvalue weighted by molar-refractivity contribution is 0.607.